The van der Waals surface area contributed by atoms with Crippen LogP contribution in [0, 0.1) is 0 Å². The van der Waals surface area contributed by atoms with Crippen molar-refractivity contribution >= 4 is 11.3 Å². The van der Waals surface area contributed by atoms with E-state index in [1.54, 1.807) is 0 Å². The molecule has 1 heterocycles. The van der Waals surface area contributed by atoms with Crippen LogP contribution >= 0.6 is 11.3 Å². The molecule has 0 spiro atoms. The summed E-state index contributed by atoms with van der Waals surface area (Å²) < 4.78 is 24.2. The molecule has 0 aromatic carbocycles. The standard InChI is InChI=1S/C8H13F2N3S/c1-2-4-11-5-3-6-12-13-8(14-6)7(9)10/h7,11H,2-5H2,1H3. The molecule has 1 aromatic heterocycles. The Morgan fingerprint density at radius 3 is 2.71 bits per heavy atom. The first-order valence-electron chi connectivity index (χ1n) is 4.55. The summed E-state index contributed by atoms with van der Waals surface area (Å²) in [6, 6.07) is 0. The minimum atomic E-state index is -2.50. The van der Waals surface area contributed by atoms with E-state index in [9.17, 15) is 8.78 Å². The molecule has 0 aliphatic rings. The lowest BCUT2D eigenvalue weighted by molar-refractivity contribution is 0.150. The Labute approximate surface area is 85.6 Å². The fourth-order valence-corrected chi connectivity index (χ4v) is 1.65. The molecule has 0 amide bonds. The summed E-state index contributed by atoms with van der Waals surface area (Å²) >= 11 is 0.987. The maximum absolute atomic E-state index is 12.1. The summed E-state index contributed by atoms with van der Waals surface area (Å²) in [5.41, 5.74) is 0. The molecule has 1 rings (SSSR count). The van der Waals surface area contributed by atoms with Gasteiger partial charge in [-0.15, -0.1) is 10.2 Å². The summed E-state index contributed by atoms with van der Waals surface area (Å²) in [5, 5.41) is 10.7. The van der Waals surface area contributed by atoms with Crippen molar-refractivity contribution in [2.75, 3.05) is 13.1 Å². The topological polar surface area (TPSA) is 37.8 Å². The summed E-state index contributed by atoms with van der Waals surface area (Å²) in [5.74, 6) is 0. The van der Waals surface area contributed by atoms with Gasteiger partial charge in [0.1, 0.15) is 5.01 Å². The lowest BCUT2D eigenvalue weighted by atomic mass is 10.4. The molecule has 0 bridgehead atoms. The second-order valence-corrected chi connectivity index (χ2v) is 3.93. The number of nitrogens with zero attached hydrogens (tertiary/aromatic N) is 2. The molecule has 3 nitrogen and oxygen atoms in total. The first-order chi connectivity index (χ1) is 6.74. The van der Waals surface area contributed by atoms with Gasteiger partial charge in [0.05, 0.1) is 0 Å². The number of rotatable bonds is 6. The molecule has 0 fully saturated rings. The van der Waals surface area contributed by atoms with Gasteiger partial charge in [-0.3, -0.25) is 0 Å². The highest BCUT2D eigenvalue weighted by atomic mass is 32.1. The molecule has 0 saturated heterocycles. The van der Waals surface area contributed by atoms with Gasteiger partial charge >= 0.3 is 0 Å². The van der Waals surface area contributed by atoms with Gasteiger partial charge < -0.3 is 5.32 Å². The number of hydrogen-bond donors (Lipinski definition) is 1. The van der Waals surface area contributed by atoms with Crippen molar-refractivity contribution in [2.45, 2.75) is 26.2 Å². The molecule has 14 heavy (non-hydrogen) atoms. The van der Waals surface area contributed by atoms with Gasteiger partial charge in [0.2, 0.25) is 0 Å². The Kier molecular flexibility index (Phi) is 4.89. The lowest BCUT2D eigenvalue weighted by Crippen LogP contribution is -2.17. The molecule has 1 N–H and O–H groups in total. The van der Waals surface area contributed by atoms with Crippen LogP contribution in [0.3, 0.4) is 0 Å². The Morgan fingerprint density at radius 2 is 2.14 bits per heavy atom. The molecular weight excluding hydrogens is 208 g/mol. The smallest absolute Gasteiger partial charge is 0.291 e. The first kappa shape index (κ1) is 11.5. The fraction of sp³-hybridized carbons (Fsp3) is 0.750. The summed E-state index contributed by atoms with van der Waals surface area (Å²) in [6.45, 7) is 3.79. The minimum absolute atomic E-state index is 0.185. The third kappa shape index (κ3) is 3.63. The SMILES string of the molecule is CCCNCCc1nnc(C(F)F)s1. The van der Waals surface area contributed by atoms with E-state index in [1.165, 1.54) is 0 Å². The Bertz CT molecular complexity index is 265. The maximum Gasteiger partial charge on any atom is 0.291 e. The minimum Gasteiger partial charge on any atom is -0.316 e. The van der Waals surface area contributed by atoms with E-state index in [2.05, 4.69) is 22.4 Å². The molecule has 0 radical (unpaired) electrons. The molecule has 0 aliphatic carbocycles. The maximum atomic E-state index is 12.1. The van der Waals surface area contributed by atoms with Crippen LogP contribution in [0.2, 0.25) is 0 Å². The Morgan fingerprint density at radius 1 is 1.36 bits per heavy atom. The van der Waals surface area contributed by atoms with Crippen molar-refractivity contribution in [3.63, 3.8) is 0 Å². The second-order valence-electron chi connectivity index (χ2n) is 2.83. The molecule has 0 saturated carbocycles. The molecule has 1 aromatic rings. The van der Waals surface area contributed by atoms with E-state index in [1.807, 2.05) is 0 Å². The molecule has 0 aliphatic heterocycles. The number of nitrogens with one attached hydrogen (secondary N) is 1. The van der Waals surface area contributed by atoms with Crippen LogP contribution in [0.5, 0.6) is 0 Å². The predicted molar refractivity (Wildman–Crippen MR) is 51.7 cm³/mol. The van der Waals surface area contributed by atoms with Crippen LogP contribution in [0.4, 0.5) is 8.78 Å². The Balaban J connectivity index is 2.29. The monoisotopic (exact) mass is 221 g/mol. The summed E-state index contributed by atoms with van der Waals surface area (Å²) in [6.07, 6.45) is -0.757. The van der Waals surface area contributed by atoms with Crippen molar-refractivity contribution in [1.29, 1.82) is 0 Å². The van der Waals surface area contributed by atoms with E-state index in [-0.39, 0.29) is 5.01 Å². The van der Waals surface area contributed by atoms with Gasteiger partial charge in [0.25, 0.3) is 6.43 Å². The van der Waals surface area contributed by atoms with Crippen molar-refractivity contribution < 1.29 is 8.78 Å². The molecule has 80 valence electrons. The number of halogens is 2. The van der Waals surface area contributed by atoms with Gasteiger partial charge in [-0.2, -0.15) is 0 Å². The number of alkyl halides is 2. The second kappa shape index (κ2) is 5.98. The predicted octanol–water partition coefficient (Wildman–Crippen LogP) is 2.02. The van der Waals surface area contributed by atoms with Crippen LogP contribution in [-0.2, 0) is 6.42 Å². The van der Waals surface area contributed by atoms with Crippen LogP contribution in [-0.4, -0.2) is 23.3 Å². The number of aromatic nitrogens is 2. The zero-order chi connectivity index (χ0) is 10.4. The Hall–Kier alpha value is -0.620. The third-order valence-electron chi connectivity index (χ3n) is 1.61. The first-order valence-corrected chi connectivity index (χ1v) is 5.36. The van der Waals surface area contributed by atoms with E-state index >= 15 is 0 Å². The molecule has 6 heteroatoms. The van der Waals surface area contributed by atoms with Crippen molar-refractivity contribution in [3.8, 4) is 0 Å². The summed E-state index contributed by atoms with van der Waals surface area (Å²) in [7, 11) is 0. The van der Waals surface area contributed by atoms with E-state index in [4.69, 9.17) is 0 Å². The normalized spacial score (nSPS) is 11.1. The largest absolute Gasteiger partial charge is 0.316 e. The quantitative estimate of drug-likeness (QED) is 0.747. The molecular formula is C8H13F2N3S. The zero-order valence-electron chi connectivity index (χ0n) is 7.96. The van der Waals surface area contributed by atoms with Crippen LogP contribution in [0.1, 0.15) is 29.8 Å². The van der Waals surface area contributed by atoms with Crippen LogP contribution in [0.15, 0.2) is 0 Å². The van der Waals surface area contributed by atoms with E-state index < -0.39 is 6.43 Å². The van der Waals surface area contributed by atoms with Gasteiger partial charge in [0.15, 0.2) is 5.01 Å². The lowest BCUT2D eigenvalue weighted by Gasteiger charge is -1.98. The van der Waals surface area contributed by atoms with E-state index in [0.29, 0.717) is 11.4 Å². The average molecular weight is 221 g/mol. The van der Waals surface area contributed by atoms with Gasteiger partial charge in [0, 0.05) is 13.0 Å². The number of hydrogen-bond acceptors (Lipinski definition) is 4. The highest BCUT2D eigenvalue weighted by Crippen LogP contribution is 2.22. The van der Waals surface area contributed by atoms with Crippen molar-refractivity contribution in [3.05, 3.63) is 10.0 Å². The average Bonchev–Trinajstić information content (AvgIpc) is 2.61. The van der Waals surface area contributed by atoms with Crippen molar-refractivity contribution in [2.24, 2.45) is 0 Å². The zero-order valence-corrected chi connectivity index (χ0v) is 8.78. The van der Waals surface area contributed by atoms with E-state index in [0.717, 1.165) is 30.8 Å². The van der Waals surface area contributed by atoms with Gasteiger partial charge in [-0.25, -0.2) is 8.78 Å². The van der Waals surface area contributed by atoms with Gasteiger partial charge in [-0.1, -0.05) is 18.3 Å². The molecule has 0 atom stereocenters. The van der Waals surface area contributed by atoms with Crippen molar-refractivity contribution in [1.82, 2.24) is 15.5 Å². The highest BCUT2D eigenvalue weighted by Gasteiger charge is 2.13. The molecule has 0 unspecified atom stereocenters. The van der Waals surface area contributed by atoms with Crippen LogP contribution in [0.25, 0.3) is 0 Å². The fourth-order valence-electron chi connectivity index (χ4n) is 0.953. The highest BCUT2D eigenvalue weighted by molar-refractivity contribution is 7.11. The van der Waals surface area contributed by atoms with Crippen LogP contribution < -0.4 is 5.32 Å². The van der Waals surface area contributed by atoms with Gasteiger partial charge in [-0.05, 0) is 13.0 Å². The summed E-state index contributed by atoms with van der Waals surface area (Å²) in [4.78, 5) is 0. The third-order valence-corrected chi connectivity index (χ3v) is 2.60.